The lowest BCUT2D eigenvalue weighted by Gasteiger charge is -2.17. The van der Waals surface area contributed by atoms with E-state index in [1.165, 1.54) is 38.2 Å². The maximum absolute atomic E-state index is 5.25. The van der Waals surface area contributed by atoms with Gasteiger partial charge in [-0.25, -0.2) is 9.97 Å². The number of fused-ring (bicyclic) bond motifs is 2. The lowest BCUT2D eigenvalue weighted by Crippen LogP contribution is -1.97. The van der Waals surface area contributed by atoms with E-state index in [4.69, 9.17) is 9.97 Å². The van der Waals surface area contributed by atoms with Crippen LogP contribution >= 0.6 is 0 Å². The van der Waals surface area contributed by atoms with Crippen LogP contribution in [0.4, 0.5) is 0 Å². The topological polar surface area (TPSA) is 38.7 Å². The van der Waals surface area contributed by atoms with Gasteiger partial charge in [-0.3, -0.25) is 4.98 Å². The Morgan fingerprint density at radius 2 is 0.875 bits per heavy atom. The second-order valence-corrected chi connectivity index (χ2v) is 13.9. The number of hydrogen-bond acceptors (Lipinski definition) is 3. The van der Waals surface area contributed by atoms with E-state index in [1.54, 1.807) is 6.20 Å². The molecule has 0 atom stereocenters. The number of hydrogen-bond donors (Lipinski definition) is 0. The second kappa shape index (κ2) is 14.3. The third-order valence-electron chi connectivity index (χ3n) is 10.4. The molecule has 0 unspecified atom stereocenters. The summed E-state index contributed by atoms with van der Waals surface area (Å²) in [5, 5.41) is 4.71. The molecule has 260 valence electrons. The summed E-state index contributed by atoms with van der Waals surface area (Å²) >= 11 is 0. The molecule has 0 aliphatic carbocycles. The zero-order valence-corrected chi connectivity index (χ0v) is 30.4. The summed E-state index contributed by atoms with van der Waals surface area (Å²) in [6.45, 7) is 0. The van der Waals surface area contributed by atoms with Crippen molar-refractivity contribution in [3.63, 3.8) is 0 Å². The summed E-state index contributed by atoms with van der Waals surface area (Å²) in [5.74, 6) is 0.669. The van der Waals surface area contributed by atoms with Crippen molar-refractivity contribution in [2.45, 2.75) is 0 Å². The van der Waals surface area contributed by atoms with E-state index >= 15 is 0 Å². The minimum absolute atomic E-state index is 0.669. The Hall–Kier alpha value is -7.67. The molecular weight excluding hydrogens is 679 g/mol. The first-order chi connectivity index (χ1) is 27.8. The predicted octanol–water partition coefficient (Wildman–Crippen LogP) is 13.4. The van der Waals surface area contributed by atoms with Crippen LogP contribution in [0.2, 0.25) is 0 Å². The van der Waals surface area contributed by atoms with Crippen LogP contribution in [-0.4, -0.2) is 15.0 Å². The molecule has 0 aliphatic heterocycles. The molecule has 10 rings (SSSR count). The van der Waals surface area contributed by atoms with Gasteiger partial charge in [0.05, 0.1) is 11.4 Å². The molecular formula is C53H33N3. The van der Waals surface area contributed by atoms with Gasteiger partial charge in [0.2, 0.25) is 0 Å². The lowest BCUT2D eigenvalue weighted by molar-refractivity contribution is 1.18. The molecule has 3 nitrogen and oxygen atoms in total. The van der Waals surface area contributed by atoms with Crippen LogP contribution in [0.1, 0.15) is 0 Å². The smallest absolute Gasteiger partial charge is 0.160 e. The zero-order chi connectivity index (χ0) is 37.3. The predicted molar refractivity (Wildman–Crippen MR) is 231 cm³/mol. The van der Waals surface area contributed by atoms with Gasteiger partial charge in [0.1, 0.15) is 0 Å². The minimum Gasteiger partial charge on any atom is -0.264 e. The van der Waals surface area contributed by atoms with Gasteiger partial charge < -0.3 is 0 Å². The van der Waals surface area contributed by atoms with E-state index in [9.17, 15) is 0 Å². The molecule has 2 heterocycles. The molecule has 0 aliphatic rings. The Bertz CT molecular complexity index is 2820. The van der Waals surface area contributed by atoms with Gasteiger partial charge in [0.25, 0.3) is 0 Å². The highest BCUT2D eigenvalue weighted by atomic mass is 14.9. The molecule has 3 heteroatoms. The number of aromatic nitrogens is 3. The molecule has 8 aromatic carbocycles. The maximum atomic E-state index is 5.25. The standard InChI is InChI=1S/C53H33N3/c1-3-13-36(14-4-1)37-24-28-39(29-25-37)49-34-50(40-30-26-38(27-31-40)44-19-12-32-54-35-44)56-53(55-49)43-18-11-17-42(33-43)52-47-22-9-7-20-45(47)51(41-15-5-2-6-16-41)46-21-8-10-23-48(46)52/h1-5,7-15,17-35H. The van der Waals surface area contributed by atoms with Crippen molar-refractivity contribution in [2.24, 2.45) is 0 Å². The molecule has 2 aromatic heterocycles. The second-order valence-electron chi connectivity index (χ2n) is 13.9. The van der Waals surface area contributed by atoms with Crippen molar-refractivity contribution in [1.82, 2.24) is 15.0 Å². The first-order valence-corrected chi connectivity index (χ1v) is 18.8. The zero-order valence-electron chi connectivity index (χ0n) is 30.4. The molecule has 0 N–H and O–H groups in total. The first kappa shape index (κ1) is 32.9. The normalized spacial score (nSPS) is 11.1. The maximum Gasteiger partial charge on any atom is 0.160 e. The van der Waals surface area contributed by atoms with Crippen molar-refractivity contribution in [2.75, 3.05) is 0 Å². The third kappa shape index (κ3) is 6.16. The fourth-order valence-corrected chi connectivity index (χ4v) is 7.75. The summed E-state index contributed by atoms with van der Waals surface area (Å²) < 4.78 is 0. The first-order valence-electron chi connectivity index (χ1n) is 18.8. The van der Waals surface area contributed by atoms with Crippen molar-refractivity contribution < 1.29 is 0 Å². The number of rotatable bonds is 7. The van der Waals surface area contributed by atoms with Gasteiger partial charge in [-0.1, -0.05) is 170 Å². The van der Waals surface area contributed by atoms with E-state index < -0.39 is 0 Å². The molecule has 0 saturated carbocycles. The van der Waals surface area contributed by atoms with E-state index in [1.807, 2.05) is 30.5 Å². The average Bonchev–Trinajstić information content (AvgIpc) is 3.29. The monoisotopic (exact) mass is 711 g/mol. The fourth-order valence-electron chi connectivity index (χ4n) is 7.75. The summed E-state index contributed by atoms with van der Waals surface area (Å²) in [6.07, 6.45) is 3.69. The van der Waals surface area contributed by atoms with Crippen molar-refractivity contribution >= 4 is 21.5 Å². The van der Waals surface area contributed by atoms with Crippen LogP contribution in [0.15, 0.2) is 200 Å². The van der Waals surface area contributed by atoms with Crippen LogP contribution < -0.4 is 0 Å². The van der Waals surface area contributed by atoms with Crippen LogP contribution in [0.25, 0.3) is 100.0 Å². The van der Waals surface area contributed by atoms with E-state index in [0.717, 1.165) is 55.9 Å². The van der Waals surface area contributed by atoms with Crippen molar-refractivity contribution in [3.8, 4) is 78.4 Å². The Labute approximate surface area is 326 Å². The molecule has 0 radical (unpaired) electrons. The van der Waals surface area contributed by atoms with Crippen molar-refractivity contribution in [3.05, 3.63) is 213 Å². The van der Waals surface area contributed by atoms with E-state index in [-0.39, 0.29) is 0 Å². The largest absolute Gasteiger partial charge is 0.264 e. The summed E-state index contributed by atoms with van der Waals surface area (Å²) in [5.41, 5.74) is 13.7. The number of nitrogens with zero attached hydrogens (tertiary/aromatic N) is 3. The fraction of sp³-hybridized carbons (Fsp3) is 0. The van der Waals surface area contributed by atoms with Crippen molar-refractivity contribution in [1.29, 1.82) is 0 Å². The number of benzene rings is 7. The molecule has 0 saturated heterocycles. The molecule has 10 aromatic rings. The molecule has 0 bridgehead atoms. The van der Waals surface area contributed by atoms with Crippen LogP contribution in [0, 0.1) is 12.1 Å². The minimum atomic E-state index is 0.669. The van der Waals surface area contributed by atoms with Gasteiger partial charge in [0, 0.05) is 40.2 Å². The molecule has 0 fully saturated rings. The van der Waals surface area contributed by atoms with Gasteiger partial charge in [0.15, 0.2) is 5.82 Å². The van der Waals surface area contributed by atoms with E-state index in [2.05, 4.69) is 181 Å². The molecule has 0 spiro atoms. The highest BCUT2D eigenvalue weighted by Gasteiger charge is 2.18. The van der Waals surface area contributed by atoms with Crippen LogP contribution in [0.3, 0.4) is 0 Å². The summed E-state index contributed by atoms with van der Waals surface area (Å²) in [6, 6.07) is 72.4. The van der Waals surface area contributed by atoms with Crippen LogP contribution in [-0.2, 0) is 0 Å². The lowest BCUT2D eigenvalue weighted by atomic mass is 9.86. The van der Waals surface area contributed by atoms with E-state index in [0.29, 0.717) is 5.82 Å². The Kier molecular flexibility index (Phi) is 8.40. The SMILES string of the molecule is c1cccc(-c2c3ccccc3c(-c3cccc(-c4nc(-c5ccc(-c6ccccc6)cc5)cc(-c5ccc(-c6cccnc6)cc5)n4)c3)c3ccccc23)c#1. The summed E-state index contributed by atoms with van der Waals surface area (Å²) in [7, 11) is 0. The van der Waals surface area contributed by atoms with Gasteiger partial charge in [-0.15, -0.1) is 0 Å². The average molecular weight is 712 g/mol. The Balaban J connectivity index is 1.13. The highest BCUT2D eigenvalue weighted by molar-refractivity contribution is 6.21. The quantitative estimate of drug-likeness (QED) is 0.155. The third-order valence-corrected chi connectivity index (χ3v) is 10.4. The van der Waals surface area contributed by atoms with Gasteiger partial charge >= 0.3 is 0 Å². The molecule has 56 heavy (non-hydrogen) atoms. The van der Waals surface area contributed by atoms with Gasteiger partial charge in [-0.2, -0.15) is 0 Å². The van der Waals surface area contributed by atoms with Gasteiger partial charge in [-0.05, 0) is 85.3 Å². The highest BCUT2D eigenvalue weighted by Crippen LogP contribution is 2.44. The molecule has 0 amide bonds. The number of pyridine rings is 1. The Morgan fingerprint density at radius 3 is 1.46 bits per heavy atom. The summed E-state index contributed by atoms with van der Waals surface area (Å²) in [4.78, 5) is 14.8. The Morgan fingerprint density at radius 1 is 0.357 bits per heavy atom. The van der Waals surface area contributed by atoms with Crippen LogP contribution in [0.5, 0.6) is 0 Å².